The fourth-order valence-electron chi connectivity index (χ4n) is 4.87. The molecule has 9 heteroatoms. The summed E-state index contributed by atoms with van der Waals surface area (Å²) in [6, 6.07) is 17.2. The van der Waals surface area contributed by atoms with Gasteiger partial charge in [0.2, 0.25) is 0 Å². The molecule has 0 aliphatic heterocycles. The van der Waals surface area contributed by atoms with Crippen LogP contribution in [0.3, 0.4) is 0 Å². The number of fused-ring (bicyclic) bond motifs is 1. The van der Waals surface area contributed by atoms with E-state index in [2.05, 4.69) is 10.5 Å². The maximum atomic E-state index is 13.4. The monoisotopic (exact) mass is 588 g/mol. The molecule has 0 radical (unpaired) electrons. The number of rotatable bonds is 7. The van der Waals surface area contributed by atoms with Crippen molar-refractivity contribution >= 4 is 40.1 Å². The summed E-state index contributed by atoms with van der Waals surface area (Å²) in [7, 11) is 0. The smallest absolute Gasteiger partial charge is 0.251 e. The molecule has 1 saturated carbocycles. The molecule has 2 heterocycles. The first-order valence-electron chi connectivity index (χ1n) is 13.3. The van der Waals surface area contributed by atoms with E-state index >= 15 is 0 Å². The minimum absolute atomic E-state index is 0.0886. The second-order valence-electron chi connectivity index (χ2n) is 10.5. The third-order valence-corrected chi connectivity index (χ3v) is 7.87. The van der Waals surface area contributed by atoms with Crippen LogP contribution in [0.15, 0.2) is 80.7 Å². The van der Waals surface area contributed by atoms with Gasteiger partial charge in [-0.15, -0.1) is 0 Å². The largest absolute Gasteiger partial charge is 0.463 e. The molecular weight excluding hydrogens is 563 g/mol. The maximum Gasteiger partial charge on any atom is 0.251 e. The molecule has 41 heavy (non-hydrogen) atoms. The van der Waals surface area contributed by atoms with Crippen molar-refractivity contribution < 1.29 is 18.8 Å². The number of nitrogens with zero attached hydrogens (tertiary/aromatic N) is 1. The van der Waals surface area contributed by atoms with Gasteiger partial charge in [0, 0.05) is 23.1 Å². The van der Waals surface area contributed by atoms with Gasteiger partial charge in [0.25, 0.3) is 5.91 Å². The molecular formula is C32H26Cl2N2O5. The molecule has 6 rings (SSSR count). The van der Waals surface area contributed by atoms with E-state index in [1.807, 2.05) is 13.8 Å². The highest BCUT2D eigenvalue weighted by Crippen LogP contribution is 2.42. The topological polar surface area (TPSA) is 106 Å². The number of nitrogens with one attached hydrogen (secondary N) is 1. The first-order chi connectivity index (χ1) is 19.7. The molecule has 5 aromatic rings. The molecule has 1 atom stereocenters. The minimum Gasteiger partial charge on any atom is -0.463 e. The summed E-state index contributed by atoms with van der Waals surface area (Å²) in [4.78, 5) is 25.7. The fraction of sp³-hybridized carbons (Fsp3) is 0.219. The van der Waals surface area contributed by atoms with Crippen LogP contribution in [-0.4, -0.2) is 22.2 Å². The quantitative estimate of drug-likeness (QED) is 0.204. The van der Waals surface area contributed by atoms with Crippen LogP contribution in [0.2, 0.25) is 10.0 Å². The average molecular weight is 589 g/mol. The van der Waals surface area contributed by atoms with E-state index in [4.69, 9.17) is 32.1 Å². The summed E-state index contributed by atoms with van der Waals surface area (Å²) in [5.74, 6) is 0.285. The Morgan fingerprint density at radius 2 is 1.76 bits per heavy atom. The lowest BCUT2D eigenvalue weighted by atomic mass is 9.92. The van der Waals surface area contributed by atoms with Gasteiger partial charge < -0.3 is 19.4 Å². The molecule has 1 unspecified atom stereocenters. The molecule has 1 fully saturated rings. The van der Waals surface area contributed by atoms with Crippen molar-refractivity contribution in [1.82, 2.24) is 10.5 Å². The van der Waals surface area contributed by atoms with Crippen molar-refractivity contribution in [3.8, 4) is 22.4 Å². The van der Waals surface area contributed by atoms with Gasteiger partial charge in [-0.25, -0.2) is 0 Å². The Kier molecular flexibility index (Phi) is 7.20. The summed E-state index contributed by atoms with van der Waals surface area (Å²) in [6.45, 7) is 3.86. The summed E-state index contributed by atoms with van der Waals surface area (Å²) >= 11 is 12.9. The number of hydrogen-bond acceptors (Lipinski definition) is 6. The second-order valence-corrected chi connectivity index (χ2v) is 11.3. The lowest BCUT2D eigenvalue weighted by Crippen LogP contribution is -2.25. The van der Waals surface area contributed by atoms with Crippen molar-refractivity contribution in [2.45, 2.75) is 44.8 Å². The number of benzene rings is 3. The van der Waals surface area contributed by atoms with Crippen molar-refractivity contribution in [2.75, 3.05) is 0 Å². The van der Waals surface area contributed by atoms with E-state index in [0.29, 0.717) is 65.8 Å². The van der Waals surface area contributed by atoms with Gasteiger partial charge >= 0.3 is 0 Å². The Bertz CT molecular complexity index is 1820. The van der Waals surface area contributed by atoms with Gasteiger partial charge in [-0.2, -0.15) is 0 Å². The maximum absolute atomic E-state index is 13.4. The van der Waals surface area contributed by atoms with Crippen LogP contribution >= 0.6 is 23.2 Å². The average Bonchev–Trinajstić information content (AvgIpc) is 3.67. The standard InChI is InChI=1S/C32H26Cl2N2O5/c1-16(2)31-27(28(36-41-31)26-23(33)4-3-5-24(26)34)29(37)19-10-13-21-25(14-19)40-15-22(30(21)38)17-6-8-18(9-7-17)32(39)35-20-11-12-20/h3-10,13-16,20,29,37H,11-12H2,1-2H3,(H,35,39). The van der Waals surface area contributed by atoms with E-state index in [0.717, 1.165) is 12.8 Å². The molecule has 7 nitrogen and oxygen atoms in total. The first-order valence-corrected chi connectivity index (χ1v) is 14.1. The molecule has 208 valence electrons. The number of amides is 1. The number of carbonyl (C=O) groups is 1. The van der Waals surface area contributed by atoms with Crippen molar-refractivity contribution in [1.29, 1.82) is 0 Å². The zero-order valence-corrected chi connectivity index (χ0v) is 23.8. The van der Waals surface area contributed by atoms with Crippen molar-refractivity contribution in [3.05, 3.63) is 110 Å². The Balaban J connectivity index is 1.36. The molecule has 1 amide bonds. The fourth-order valence-corrected chi connectivity index (χ4v) is 5.45. The number of aliphatic hydroxyl groups excluding tert-OH is 1. The predicted octanol–water partition coefficient (Wildman–Crippen LogP) is 7.52. The first kappa shape index (κ1) is 27.3. The van der Waals surface area contributed by atoms with E-state index in [1.165, 1.54) is 6.26 Å². The van der Waals surface area contributed by atoms with Gasteiger partial charge in [0.15, 0.2) is 5.43 Å². The highest BCUT2D eigenvalue weighted by molar-refractivity contribution is 6.39. The van der Waals surface area contributed by atoms with Crippen LogP contribution in [-0.2, 0) is 0 Å². The minimum atomic E-state index is -1.16. The number of halogens is 2. The van der Waals surface area contributed by atoms with Crippen LogP contribution in [0.5, 0.6) is 0 Å². The van der Waals surface area contributed by atoms with E-state index < -0.39 is 6.10 Å². The molecule has 0 spiro atoms. The third kappa shape index (κ3) is 5.17. The molecule has 2 N–H and O–H groups in total. The molecule has 0 bridgehead atoms. The Morgan fingerprint density at radius 3 is 2.41 bits per heavy atom. The number of hydrogen-bond donors (Lipinski definition) is 2. The number of carbonyl (C=O) groups excluding carboxylic acids is 1. The van der Waals surface area contributed by atoms with E-state index in [-0.39, 0.29) is 23.3 Å². The van der Waals surface area contributed by atoms with Gasteiger partial charge in [-0.1, -0.05) is 66.5 Å². The van der Waals surface area contributed by atoms with Crippen molar-refractivity contribution in [2.24, 2.45) is 0 Å². The van der Waals surface area contributed by atoms with Crippen LogP contribution in [0.4, 0.5) is 0 Å². The zero-order valence-electron chi connectivity index (χ0n) is 22.3. The molecule has 0 saturated heterocycles. The lowest BCUT2D eigenvalue weighted by Gasteiger charge is -2.15. The van der Waals surface area contributed by atoms with Gasteiger partial charge in [0.05, 0.1) is 26.6 Å². The van der Waals surface area contributed by atoms with Crippen LogP contribution < -0.4 is 10.7 Å². The molecule has 1 aliphatic rings. The van der Waals surface area contributed by atoms with Crippen molar-refractivity contribution in [3.63, 3.8) is 0 Å². The SMILES string of the molecule is CC(C)c1onc(-c2c(Cl)cccc2Cl)c1C(O)c1ccc2c(=O)c(-c3ccc(C(=O)NC4CC4)cc3)coc2c1. The number of aromatic nitrogens is 1. The van der Waals surface area contributed by atoms with Gasteiger partial charge in [-0.3, -0.25) is 9.59 Å². The predicted molar refractivity (Wildman–Crippen MR) is 159 cm³/mol. The summed E-state index contributed by atoms with van der Waals surface area (Å²) < 4.78 is 11.5. The van der Waals surface area contributed by atoms with Crippen LogP contribution in [0, 0.1) is 0 Å². The summed E-state index contributed by atoms with van der Waals surface area (Å²) in [6.07, 6.45) is 2.25. The third-order valence-electron chi connectivity index (χ3n) is 7.24. The molecule has 2 aromatic heterocycles. The molecule has 3 aromatic carbocycles. The van der Waals surface area contributed by atoms with E-state index in [9.17, 15) is 14.7 Å². The highest BCUT2D eigenvalue weighted by atomic mass is 35.5. The Morgan fingerprint density at radius 1 is 1.05 bits per heavy atom. The Labute approximate surface area is 245 Å². The zero-order chi connectivity index (χ0) is 28.8. The summed E-state index contributed by atoms with van der Waals surface area (Å²) in [5, 5.41) is 19.9. The van der Waals surface area contributed by atoms with Gasteiger partial charge in [-0.05, 0) is 60.4 Å². The van der Waals surface area contributed by atoms with E-state index in [1.54, 1.807) is 60.7 Å². The molecule has 1 aliphatic carbocycles. The summed E-state index contributed by atoms with van der Waals surface area (Å²) in [5.41, 5.74) is 3.38. The lowest BCUT2D eigenvalue weighted by molar-refractivity contribution is 0.0951. The van der Waals surface area contributed by atoms with Crippen LogP contribution in [0.1, 0.15) is 66.0 Å². The van der Waals surface area contributed by atoms with Crippen LogP contribution in [0.25, 0.3) is 33.4 Å². The normalized spacial score (nSPS) is 14.0. The second kappa shape index (κ2) is 10.8. The highest BCUT2D eigenvalue weighted by Gasteiger charge is 2.29. The number of aliphatic hydroxyl groups is 1. The Hall–Kier alpha value is -3.91. The van der Waals surface area contributed by atoms with Gasteiger partial charge in [0.1, 0.15) is 29.4 Å².